The molecule has 0 bridgehead atoms. The molecular formula is C12H25NO6S2. The molecule has 1 atom stereocenters. The summed E-state index contributed by atoms with van der Waals surface area (Å²) in [5.74, 6) is 0.612. The molecule has 7 nitrogen and oxygen atoms in total. The van der Waals surface area contributed by atoms with Gasteiger partial charge in [-0.05, 0) is 25.2 Å². The van der Waals surface area contributed by atoms with Crippen LogP contribution >= 0.6 is 0 Å². The molecule has 9 heteroatoms. The zero-order chi connectivity index (χ0) is 15.8. The van der Waals surface area contributed by atoms with Crippen molar-refractivity contribution in [2.45, 2.75) is 19.3 Å². The summed E-state index contributed by atoms with van der Waals surface area (Å²) in [7, 11) is -4.61. The third-order valence-electron chi connectivity index (χ3n) is 3.37. The van der Waals surface area contributed by atoms with E-state index in [4.69, 9.17) is 9.47 Å². The molecule has 0 aromatic rings. The minimum atomic E-state index is -3.32. The molecule has 0 aromatic heterocycles. The quantitative estimate of drug-likeness (QED) is 0.521. The lowest BCUT2D eigenvalue weighted by Gasteiger charge is -2.09. The topological polar surface area (TPSA) is 98.8 Å². The van der Waals surface area contributed by atoms with Crippen molar-refractivity contribution in [1.29, 1.82) is 0 Å². The minimum Gasteiger partial charge on any atom is -0.382 e. The van der Waals surface area contributed by atoms with Crippen LogP contribution in [0.25, 0.3) is 0 Å². The molecule has 1 unspecified atom stereocenters. The largest absolute Gasteiger partial charge is 0.382 e. The Hall–Kier alpha value is -0.220. The first-order valence-electron chi connectivity index (χ1n) is 7.09. The Bertz CT molecular complexity index is 488. The van der Waals surface area contributed by atoms with E-state index in [-0.39, 0.29) is 29.8 Å². The molecule has 1 aliphatic rings. The smallest absolute Gasteiger partial charge is 0.213 e. The van der Waals surface area contributed by atoms with Crippen LogP contribution in [-0.4, -0.2) is 67.6 Å². The lowest BCUT2D eigenvalue weighted by Crippen LogP contribution is -2.29. The highest BCUT2D eigenvalue weighted by Crippen LogP contribution is 2.22. The van der Waals surface area contributed by atoms with E-state index in [2.05, 4.69) is 4.72 Å². The van der Waals surface area contributed by atoms with E-state index in [1.165, 1.54) is 0 Å². The third kappa shape index (κ3) is 8.72. The van der Waals surface area contributed by atoms with Gasteiger partial charge in [0.2, 0.25) is 10.0 Å². The van der Waals surface area contributed by atoms with Crippen molar-refractivity contribution in [2.75, 3.05) is 50.7 Å². The first-order valence-corrected chi connectivity index (χ1v) is 10.6. The van der Waals surface area contributed by atoms with E-state index in [1.54, 1.807) is 7.11 Å². The molecule has 1 saturated heterocycles. The molecule has 0 radical (unpaired) electrons. The second-order valence-corrected chi connectivity index (χ2v) is 9.38. The summed E-state index contributed by atoms with van der Waals surface area (Å²) >= 11 is 0. The highest BCUT2D eigenvalue weighted by atomic mass is 32.2. The predicted molar refractivity (Wildman–Crippen MR) is 80.5 cm³/mol. The van der Waals surface area contributed by atoms with Crippen LogP contribution in [0.2, 0.25) is 0 Å². The van der Waals surface area contributed by atoms with Crippen molar-refractivity contribution >= 4 is 19.9 Å². The molecule has 1 aliphatic heterocycles. The van der Waals surface area contributed by atoms with Crippen LogP contribution in [0.15, 0.2) is 0 Å². The van der Waals surface area contributed by atoms with Gasteiger partial charge in [0, 0.05) is 13.7 Å². The number of hydrogen-bond acceptors (Lipinski definition) is 6. The Balaban J connectivity index is 2.08. The zero-order valence-corrected chi connectivity index (χ0v) is 14.0. The van der Waals surface area contributed by atoms with Crippen molar-refractivity contribution in [1.82, 2.24) is 4.72 Å². The maximum atomic E-state index is 11.6. The van der Waals surface area contributed by atoms with Gasteiger partial charge in [-0.1, -0.05) is 0 Å². The minimum absolute atomic E-state index is 0.0749. The molecule has 0 saturated carbocycles. The molecule has 0 amide bonds. The van der Waals surface area contributed by atoms with Crippen LogP contribution in [0.1, 0.15) is 19.3 Å². The van der Waals surface area contributed by atoms with E-state index in [1.807, 2.05) is 0 Å². The van der Waals surface area contributed by atoms with Crippen LogP contribution in [0.3, 0.4) is 0 Å². The van der Waals surface area contributed by atoms with Crippen LogP contribution in [0.5, 0.6) is 0 Å². The molecule has 1 heterocycles. The molecule has 0 aromatic carbocycles. The molecule has 1 N–H and O–H groups in total. The van der Waals surface area contributed by atoms with Gasteiger partial charge in [0.1, 0.15) is 0 Å². The third-order valence-corrected chi connectivity index (χ3v) is 6.55. The summed E-state index contributed by atoms with van der Waals surface area (Å²) in [5, 5.41) is 0. The van der Waals surface area contributed by atoms with Crippen molar-refractivity contribution in [2.24, 2.45) is 5.92 Å². The first kappa shape index (κ1) is 18.8. The van der Waals surface area contributed by atoms with Crippen LogP contribution in [-0.2, 0) is 29.3 Å². The number of sulfone groups is 1. The van der Waals surface area contributed by atoms with Crippen molar-refractivity contribution in [3.8, 4) is 0 Å². The van der Waals surface area contributed by atoms with Gasteiger partial charge in [0.15, 0.2) is 9.84 Å². The second-order valence-electron chi connectivity index (χ2n) is 5.23. The van der Waals surface area contributed by atoms with Gasteiger partial charge in [-0.2, -0.15) is 0 Å². The van der Waals surface area contributed by atoms with Crippen LogP contribution < -0.4 is 4.72 Å². The average molecular weight is 343 g/mol. The van der Waals surface area contributed by atoms with Gasteiger partial charge < -0.3 is 9.47 Å². The molecular weight excluding hydrogens is 318 g/mol. The highest BCUT2D eigenvalue weighted by molar-refractivity contribution is 7.91. The fraction of sp³-hybridized carbons (Fsp3) is 1.00. The number of sulfonamides is 1. The standard InChI is InChI=1S/C12H25NO6S2/c1-18-6-7-19-8-10-21(16,17)13-5-2-3-12-4-9-20(14,15)11-12/h12-13H,2-11H2,1H3. The Labute approximate surface area is 127 Å². The summed E-state index contributed by atoms with van der Waals surface area (Å²) in [5.41, 5.74) is 0. The Morgan fingerprint density at radius 3 is 2.62 bits per heavy atom. The molecule has 1 fully saturated rings. The van der Waals surface area contributed by atoms with E-state index in [0.717, 1.165) is 6.42 Å². The second kappa shape index (κ2) is 9.04. The van der Waals surface area contributed by atoms with Crippen molar-refractivity contribution < 1.29 is 26.3 Å². The molecule has 0 aliphatic carbocycles. The summed E-state index contributed by atoms with van der Waals surface area (Å²) < 4.78 is 58.3. The lowest BCUT2D eigenvalue weighted by molar-refractivity contribution is 0.0784. The number of rotatable bonds is 11. The number of hydrogen-bond donors (Lipinski definition) is 1. The van der Waals surface area contributed by atoms with Crippen LogP contribution in [0.4, 0.5) is 0 Å². The monoisotopic (exact) mass is 343 g/mol. The summed E-state index contributed by atoms with van der Waals surface area (Å²) in [6.45, 7) is 1.30. The summed E-state index contributed by atoms with van der Waals surface area (Å²) in [4.78, 5) is 0. The summed E-state index contributed by atoms with van der Waals surface area (Å²) in [6.07, 6.45) is 2.10. The van der Waals surface area contributed by atoms with Gasteiger partial charge in [0.25, 0.3) is 0 Å². The fourth-order valence-electron chi connectivity index (χ4n) is 2.20. The lowest BCUT2D eigenvalue weighted by atomic mass is 10.0. The van der Waals surface area contributed by atoms with Gasteiger partial charge in [0.05, 0.1) is 37.1 Å². The maximum absolute atomic E-state index is 11.6. The zero-order valence-electron chi connectivity index (χ0n) is 12.4. The molecule has 0 spiro atoms. The van der Waals surface area contributed by atoms with Crippen molar-refractivity contribution in [3.05, 3.63) is 0 Å². The van der Waals surface area contributed by atoms with E-state index in [9.17, 15) is 16.8 Å². The highest BCUT2D eigenvalue weighted by Gasteiger charge is 2.27. The van der Waals surface area contributed by atoms with Gasteiger partial charge in [-0.25, -0.2) is 21.6 Å². The van der Waals surface area contributed by atoms with Crippen LogP contribution in [0, 0.1) is 5.92 Å². The fourth-order valence-corrected chi connectivity index (χ4v) is 5.05. The van der Waals surface area contributed by atoms with Gasteiger partial charge >= 0.3 is 0 Å². The van der Waals surface area contributed by atoms with E-state index >= 15 is 0 Å². The Morgan fingerprint density at radius 1 is 1.24 bits per heavy atom. The van der Waals surface area contributed by atoms with Crippen molar-refractivity contribution in [3.63, 3.8) is 0 Å². The molecule has 1 rings (SSSR count). The first-order chi connectivity index (χ1) is 9.85. The normalized spacial score (nSPS) is 21.7. The SMILES string of the molecule is COCCOCCS(=O)(=O)NCCCC1CCS(=O)(=O)C1. The predicted octanol–water partition coefficient (Wildman–Crippen LogP) is -0.216. The van der Waals surface area contributed by atoms with Gasteiger partial charge in [-0.15, -0.1) is 0 Å². The molecule has 21 heavy (non-hydrogen) atoms. The van der Waals surface area contributed by atoms with E-state index < -0.39 is 19.9 Å². The maximum Gasteiger partial charge on any atom is 0.213 e. The summed E-state index contributed by atoms with van der Waals surface area (Å²) in [6, 6.07) is 0. The number of methoxy groups -OCH3 is 1. The van der Waals surface area contributed by atoms with E-state index in [0.29, 0.717) is 32.6 Å². The molecule has 126 valence electrons. The number of ether oxygens (including phenoxy) is 2. The Kier molecular flexibility index (Phi) is 8.10. The van der Waals surface area contributed by atoms with Gasteiger partial charge in [-0.3, -0.25) is 0 Å². The Morgan fingerprint density at radius 2 is 2.00 bits per heavy atom. The average Bonchev–Trinajstić information content (AvgIpc) is 2.74. The number of nitrogens with one attached hydrogen (secondary N) is 1.